The van der Waals surface area contributed by atoms with Gasteiger partial charge in [0.1, 0.15) is 12.0 Å². The highest BCUT2D eigenvalue weighted by Gasteiger charge is 2.06. The third-order valence-corrected chi connectivity index (χ3v) is 1.77. The van der Waals surface area contributed by atoms with Crippen LogP contribution in [0.2, 0.25) is 0 Å². The summed E-state index contributed by atoms with van der Waals surface area (Å²) in [5.74, 6) is -0.385. The molecule has 6 nitrogen and oxygen atoms in total. The number of carbonyl (C=O) groups excluding carboxylic acids is 1. The number of nitrogens with zero attached hydrogens (tertiary/aromatic N) is 4. The highest BCUT2D eigenvalue weighted by molar-refractivity contribution is 5.76. The molecular formula is C8H9N5O. The van der Waals surface area contributed by atoms with Gasteiger partial charge in [0.25, 0.3) is 0 Å². The van der Waals surface area contributed by atoms with E-state index in [4.69, 9.17) is 5.73 Å². The highest BCUT2D eigenvalue weighted by Crippen LogP contribution is 1.89. The van der Waals surface area contributed by atoms with E-state index < -0.39 is 0 Å². The molecule has 0 saturated heterocycles. The number of fused-ring (bicyclic) bond motifs is 1. The van der Waals surface area contributed by atoms with Crippen molar-refractivity contribution in [2.24, 2.45) is 10.7 Å². The lowest BCUT2D eigenvalue weighted by molar-refractivity contribution is -0.118. The minimum Gasteiger partial charge on any atom is -0.368 e. The molecule has 0 spiro atoms. The van der Waals surface area contributed by atoms with Crippen LogP contribution in [0.1, 0.15) is 0 Å². The van der Waals surface area contributed by atoms with Crippen molar-refractivity contribution in [2.45, 2.75) is 0 Å². The maximum Gasteiger partial charge on any atom is 0.236 e. The number of hydrogen-bond acceptors (Lipinski definition) is 5. The molecule has 0 aliphatic carbocycles. The third-order valence-electron chi connectivity index (χ3n) is 1.77. The van der Waals surface area contributed by atoms with Gasteiger partial charge in [0, 0.05) is 18.6 Å². The summed E-state index contributed by atoms with van der Waals surface area (Å²) >= 11 is 0. The Hall–Kier alpha value is -1.98. The molecule has 6 heteroatoms. The van der Waals surface area contributed by atoms with E-state index in [1.165, 1.54) is 0 Å². The van der Waals surface area contributed by atoms with Crippen LogP contribution in [0.15, 0.2) is 17.4 Å². The van der Waals surface area contributed by atoms with Crippen molar-refractivity contribution >= 4 is 12.1 Å². The zero-order chi connectivity index (χ0) is 9.97. The summed E-state index contributed by atoms with van der Waals surface area (Å²) in [5.41, 5.74) is 5.67. The van der Waals surface area contributed by atoms with Gasteiger partial charge in [0.2, 0.25) is 5.91 Å². The summed E-state index contributed by atoms with van der Waals surface area (Å²) < 4.78 is 0. The molecule has 0 saturated carbocycles. The average molecular weight is 191 g/mol. The van der Waals surface area contributed by atoms with E-state index >= 15 is 0 Å². The van der Waals surface area contributed by atoms with Crippen LogP contribution in [0.25, 0.3) is 6.20 Å². The maximum atomic E-state index is 10.7. The van der Waals surface area contributed by atoms with Crippen molar-refractivity contribution in [1.29, 1.82) is 0 Å². The van der Waals surface area contributed by atoms with E-state index in [0.29, 0.717) is 17.5 Å². The first-order valence-corrected chi connectivity index (χ1v) is 4.11. The molecule has 72 valence electrons. The lowest BCUT2D eigenvalue weighted by Gasteiger charge is -2.17. The van der Waals surface area contributed by atoms with E-state index in [9.17, 15) is 4.79 Å². The van der Waals surface area contributed by atoms with Crippen LogP contribution < -0.4 is 16.6 Å². The van der Waals surface area contributed by atoms with Gasteiger partial charge in [-0.2, -0.15) is 0 Å². The van der Waals surface area contributed by atoms with Crippen LogP contribution in [0, 0.1) is 0 Å². The first kappa shape index (κ1) is 8.61. The van der Waals surface area contributed by atoms with Crippen LogP contribution in [0.4, 0.5) is 0 Å². The summed E-state index contributed by atoms with van der Waals surface area (Å²) in [5, 5.41) is 0.667. The molecule has 1 aliphatic rings. The molecule has 0 aromatic carbocycles. The van der Waals surface area contributed by atoms with Gasteiger partial charge in [-0.25, -0.2) is 15.0 Å². The third kappa shape index (κ3) is 1.68. The average Bonchev–Trinajstić information content (AvgIpc) is 2.17. The summed E-state index contributed by atoms with van der Waals surface area (Å²) in [7, 11) is 0. The monoisotopic (exact) mass is 191 g/mol. The fraction of sp³-hybridized carbons (Fsp3) is 0.250. The Balaban J connectivity index is 2.34. The first-order valence-electron chi connectivity index (χ1n) is 4.11. The summed E-state index contributed by atoms with van der Waals surface area (Å²) in [4.78, 5) is 24.6. The second-order valence-corrected chi connectivity index (χ2v) is 2.91. The van der Waals surface area contributed by atoms with Gasteiger partial charge in [-0.1, -0.05) is 0 Å². The van der Waals surface area contributed by atoms with Crippen molar-refractivity contribution in [3.05, 3.63) is 23.2 Å². The summed E-state index contributed by atoms with van der Waals surface area (Å²) in [6, 6.07) is 0. The van der Waals surface area contributed by atoms with Gasteiger partial charge in [0.05, 0.1) is 6.54 Å². The minimum atomic E-state index is -0.385. The second-order valence-electron chi connectivity index (χ2n) is 2.91. The van der Waals surface area contributed by atoms with E-state index in [2.05, 4.69) is 15.0 Å². The van der Waals surface area contributed by atoms with E-state index in [-0.39, 0.29) is 12.5 Å². The Labute approximate surface area is 79.8 Å². The molecule has 0 radical (unpaired) electrons. The Morgan fingerprint density at radius 2 is 2.29 bits per heavy atom. The summed E-state index contributed by atoms with van der Waals surface area (Å²) in [6.45, 7) is 0.550. The Morgan fingerprint density at radius 3 is 3.07 bits per heavy atom. The number of primary amides is 1. The topological polar surface area (TPSA) is 84.5 Å². The van der Waals surface area contributed by atoms with Gasteiger partial charge in [-0.05, 0) is 0 Å². The first-order chi connectivity index (χ1) is 6.75. The fourth-order valence-corrected chi connectivity index (χ4v) is 1.22. The zero-order valence-corrected chi connectivity index (χ0v) is 7.42. The van der Waals surface area contributed by atoms with Crippen LogP contribution >= 0.6 is 0 Å². The Bertz CT molecular complexity index is 469. The largest absolute Gasteiger partial charge is 0.368 e. The molecule has 2 heterocycles. The predicted molar refractivity (Wildman–Crippen MR) is 48.0 cm³/mol. The number of aromatic nitrogens is 2. The number of nitrogens with two attached hydrogens (primary N) is 1. The molecule has 1 amide bonds. The van der Waals surface area contributed by atoms with Gasteiger partial charge in [-0.3, -0.25) is 4.79 Å². The molecule has 0 bridgehead atoms. The van der Waals surface area contributed by atoms with Crippen molar-refractivity contribution in [2.75, 3.05) is 13.2 Å². The lowest BCUT2D eigenvalue weighted by atomic mass is 10.4. The van der Waals surface area contributed by atoms with Crippen LogP contribution in [0.3, 0.4) is 0 Å². The van der Waals surface area contributed by atoms with Gasteiger partial charge in [0.15, 0.2) is 5.49 Å². The normalized spacial score (nSPS) is 13.9. The second kappa shape index (κ2) is 3.41. The molecule has 0 unspecified atom stereocenters. The van der Waals surface area contributed by atoms with Gasteiger partial charge in [-0.15, -0.1) is 0 Å². The van der Waals surface area contributed by atoms with Crippen LogP contribution in [-0.2, 0) is 4.79 Å². The molecule has 1 aliphatic heterocycles. The standard InChI is InChI=1S/C8H9N5O/c9-7(14)4-13-3-6-8(12-5-13)11-2-1-10-6/h1-3H,4-5H2,(H2,9,14). The molecule has 1 aromatic heterocycles. The molecule has 0 fully saturated rings. The van der Waals surface area contributed by atoms with Crippen molar-refractivity contribution < 1.29 is 4.79 Å². The van der Waals surface area contributed by atoms with E-state index in [1.54, 1.807) is 23.5 Å². The lowest BCUT2D eigenvalue weighted by Crippen LogP contribution is -2.42. The van der Waals surface area contributed by atoms with E-state index in [1.807, 2.05) is 0 Å². The Morgan fingerprint density at radius 1 is 1.50 bits per heavy atom. The van der Waals surface area contributed by atoms with Crippen molar-refractivity contribution in [3.8, 4) is 0 Å². The van der Waals surface area contributed by atoms with Crippen molar-refractivity contribution in [1.82, 2.24) is 14.9 Å². The Kier molecular flexibility index (Phi) is 2.10. The number of amides is 1. The molecule has 0 atom stereocenters. The molecule has 14 heavy (non-hydrogen) atoms. The van der Waals surface area contributed by atoms with Gasteiger partial charge >= 0.3 is 0 Å². The molecule has 2 rings (SSSR count). The summed E-state index contributed by atoms with van der Waals surface area (Å²) in [6.07, 6.45) is 4.90. The molecular weight excluding hydrogens is 182 g/mol. The van der Waals surface area contributed by atoms with Crippen molar-refractivity contribution in [3.63, 3.8) is 0 Å². The highest BCUT2D eigenvalue weighted by atomic mass is 16.1. The quantitative estimate of drug-likeness (QED) is 0.564. The smallest absolute Gasteiger partial charge is 0.236 e. The van der Waals surface area contributed by atoms with E-state index in [0.717, 1.165) is 0 Å². The minimum absolute atomic E-state index is 0.152. The predicted octanol–water partition coefficient (Wildman–Crippen LogP) is -2.41. The SMILES string of the molecule is NC(=O)CN1C=c2nccnc2=NC1. The fourth-order valence-electron chi connectivity index (χ4n) is 1.22. The maximum absolute atomic E-state index is 10.7. The number of carbonyl (C=O) groups is 1. The molecule has 2 N–H and O–H groups in total. The number of hydrogen-bond donors (Lipinski definition) is 1. The van der Waals surface area contributed by atoms with Crippen LogP contribution in [-0.4, -0.2) is 34.0 Å². The molecule has 1 aromatic rings. The van der Waals surface area contributed by atoms with Gasteiger partial charge < -0.3 is 10.6 Å². The zero-order valence-electron chi connectivity index (χ0n) is 7.42. The van der Waals surface area contributed by atoms with Crippen LogP contribution in [0.5, 0.6) is 0 Å². The number of rotatable bonds is 2.